The highest BCUT2D eigenvalue weighted by atomic mass is 35.5. The molecule has 2 amide bonds. The summed E-state index contributed by atoms with van der Waals surface area (Å²) in [5.74, 6) is -1.50. The van der Waals surface area contributed by atoms with Crippen LogP contribution in [-0.2, 0) is 22.6 Å². The number of amides is 2. The van der Waals surface area contributed by atoms with Crippen LogP contribution in [0.5, 0.6) is 0 Å². The molecule has 0 radical (unpaired) electrons. The van der Waals surface area contributed by atoms with Gasteiger partial charge in [0.25, 0.3) is 0 Å². The number of imide groups is 1. The molecular formula is C21H17ClN2O2. The Kier molecular flexibility index (Phi) is 3.44. The predicted octanol–water partition coefficient (Wildman–Crippen LogP) is 3.76. The predicted molar refractivity (Wildman–Crippen MR) is 100 cm³/mol. The average Bonchev–Trinajstić information content (AvgIpc) is 3.14. The van der Waals surface area contributed by atoms with Gasteiger partial charge in [-0.2, -0.15) is 0 Å². The number of nitrogens with one attached hydrogen (secondary N) is 1. The van der Waals surface area contributed by atoms with E-state index in [4.69, 9.17) is 11.6 Å². The zero-order valence-electron chi connectivity index (χ0n) is 14.0. The molecule has 3 heterocycles. The summed E-state index contributed by atoms with van der Waals surface area (Å²) in [4.78, 5) is 25.3. The van der Waals surface area contributed by atoms with Gasteiger partial charge in [0.2, 0.25) is 11.8 Å². The fourth-order valence-corrected chi connectivity index (χ4v) is 4.57. The number of aryl methyl sites for hydroxylation is 2. The Morgan fingerprint density at radius 1 is 1.00 bits per heavy atom. The van der Waals surface area contributed by atoms with E-state index in [1.54, 1.807) is 12.1 Å². The lowest BCUT2D eigenvalue weighted by Gasteiger charge is -2.16. The molecule has 1 N–H and O–H groups in total. The minimum atomic E-state index is -0.525. The highest BCUT2D eigenvalue weighted by molar-refractivity contribution is 6.30. The molecule has 2 aliphatic heterocycles. The second-order valence-electron chi connectivity index (χ2n) is 7.06. The van der Waals surface area contributed by atoms with Gasteiger partial charge < -0.3 is 4.57 Å². The minimum Gasteiger partial charge on any atom is -0.347 e. The number of nitrogens with zero attached hydrogens (tertiary/aromatic N) is 1. The van der Waals surface area contributed by atoms with Crippen molar-refractivity contribution < 1.29 is 9.59 Å². The lowest BCUT2D eigenvalue weighted by molar-refractivity contribution is -0.125. The second kappa shape index (κ2) is 5.71. The summed E-state index contributed by atoms with van der Waals surface area (Å²) in [6.45, 7) is 0.946. The molecule has 5 rings (SSSR count). The Balaban J connectivity index is 1.70. The number of carbonyl (C=O) groups is 2. The third-order valence-corrected chi connectivity index (χ3v) is 5.82. The lowest BCUT2D eigenvalue weighted by Crippen LogP contribution is -2.21. The molecule has 4 nitrogen and oxygen atoms in total. The molecule has 1 aromatic heterocycles. The molecule has 1 saturated heterocycles. The van der Waals surface area contributed by atoms with Crippen LogP contribution >= 0.6 is 11.6 Å². The van der Waals surface area contributed by atoms with Crippen molar-refractivity contribution in [2.24, 2.45) is 0 Å². The quantitative estimate of drug-likeness (QED) is 0.704. The number of carbonyl (C=O) groups excluding carboxylic acids is 2. The van der Waals surface area contributed by atoms with Crippen LogP contribution in [-0.4, -0.2) is 16.4 Å². The molecule has 2 aromatic carbocycles. The van der Waals surface area contributed by atoms with Gasteiger partial charge in [0, 0.05) is 23.2 Å². The van der Waals surface area contributed by atoms with Crippen LogP contribution < -0.4 is 5.32 Å². The molecule has 0 bridgehead atoms. The first-order valence-electron chi connectivity index (χ1n) is 8.84. The van der Waals surface area contributed by atoms with Crippen LogP contribution in [0.25, 0.3) is 10.9 Å². The largest absolute Gasteiger partial charge is 0.347 e. The maximum atomic E-state index is 12.7. The molecular weight excluding hydrogens is 348 g/mol. The van der Waals surface area contributed by atoms with Crippen LogP contribution in [0.3, 0.4) is 0 Å². The van der Waals surface area contributed by atoms with Crippen molar-refractivity contribution in [1.29, 1.82) is 0 Å². The van der Waals surface area contributed by atoms with Gasteiger partial charge in [-0.15, -0.1) is 0 Å². The van der Waals surface area contributed by atoms with E-state index >= 15 is 0 Å². The maximum absolute atomic E-state index is 12.7. The SMILES string of the molecule is O=C1NC(=O)[C@H](c2cn3c4c(cccc24)CCC3)[C@H]1c1ccc(Cl)cc1. The third-order valence-electron chi connectivity index (χ3n) is 5.57. The minimum absolute atomic E-state index is 0.223. The summed E-state index contributed by atoms with van der Waals surface area (Å²) in [5, 5.41) is 4.22. The lowest BCUT2D eigenvalue weighted by atomic mass is 9.83. The Hall–Kier alpha value is -2.59. The summed E-state index contributed by atoms with van der Waals surface area (Å²) in [6.07, 6.45) is 4.22. The first-order chi connectivity index (χ1) is 12.6. The molecule has 2 aliphatic rings. The van der Waals surface area contributed by atoms with Crippen LogP contribution in [0.2, 0.25) is 5.02 Å². The molecule has 5 heteroatoms. The molecule has 2 atom stereocenters. The Morgan fingerprint density at radius 2 is 1.77 bits per heavy atom. The van der Waals surface area contributed by atoms with E-state index in [0.29, 0.717) is 5.02 Å². The van der Waals surface area contributed by atoms with Crippen molar-refractivity contribution in [1.82, 2.24) is 9.88 Å². The van der Waals surface area contributed by atoms with Gasteiger partial charge in [-0.1, -0.05) is 41.9 Å². The van der Waals surface area contributed by atoms with E-state index in [-0.39, 0.29) is 11.8 Å². The van der Waals surface area contributed by atoms with E-state index in [2.05, 4.69) is 28.2 Å². The molecule has 0 aliphatic carbocycles. The topological polar surface area (TPSA) is 51.1 Å². The zero-order valence-corrected chi connectivity index (χ0v) is 14.8. The highest BCUT2D eigenvalue weighted by Crippen LogP contribution is 2.42. The van der Waals surface area contributed by atoms with E-state index in [9.17, 15) is 9.59 Å². The van der Waals surface area contributed by atoms with Crippen molar-refractivity contribution in [3.63, 3.8) is 0 Å². The van der Waals surface area contributed by atoms with Crippen molar-refractivity contribution >= 4 is 34.3 Å². The van der Waals surface area contributed by atoms with Crippen LogP contribution in [0.15, 0.2) is 48.7 Å². The Labute approximate surface area is 155 Å². The number of hydrogen-bond donors (Lipinski definition) is 1. The third kappa shape index (κ3) is 2.22. The first kappa shape index (κ1) is 15.6. The van der Waals surface area contributed by atoms with Gasteiger partial charge in [0.1, 0.15) is 0 Å². The second-order valence-corrected chi connectivity index (χ2v) is 7.49. The monoisotopic (exact) mass is 364 g/mol. The molecule has 0 spiro atoms. The number of halogens is 1. The van der Waals surface area contributed by atoms with Crippen LogP contribution in [0.1, 0.15) is 34.9 Å². The first-order valence-corrected chi connectivity index (χ1v) is 9.22. The number of benzene rings is 2. The fraction of sp³-hybridized carbons (Fsp3) is 0.238. The van der Waals surface area contributed by atoms with Crippen molar-refractivity contribution in [3.05, 3.63) is 70.4 Å². The smallest absolute Gasteiger partial charge is 0.235 e. The molecule has 130 valence electrons. The van der Waals surface area contributed by atoms with Gasteiger partial charge in [0.15, 0.2) is 0 Å². The van der Waals surface area contributed by atoms with Gasteiger partial charge in [-0.05, 0) is 41.7 Å². The Bertz CT molecular complexity index is 1050. The summed E-state index contributed by atoms with van der Waals surface area (Å²) in [7, 11) is 0. The van der Waals surface area contributed by atoms with Crippen LogP contribution in [0.4, 0.5) is 0 Å². The van der Waals surface area contributed by atoms with E-state index < -0.39 is 11.8 Å². The van der Waals surface area contributed by atoms with E-state index in [1.807, 2.05) is 18.2 Å². The highest BCUT2D eigenvalue weighted by Gasteiger charge is 2.44. The zero-order chi connectivity index (χ0) is 17.8. The number of rotatable bonds is 2. The fourth-order valence-electron chi connectivity index (χ4n) is 4.45. The summed E-state index contributed by atoms with van der Waals surface area (Å²) < 4.78 is 2.23. The number of para-hydroxylation sites is 1. The van der Waals surface area contributed by atoms with Gasteiger partial charge in [0.05, 0.1) is 17.4 Å². The maximum Gasteiger partial charge on any atom is 0.235 e. The van der Waals surface area contributed by atoms with E-state index in [0.717, 1.165) is 35.9 Å². The standard InChI is InChI=1S/C21H17ClN2O2/c22-14-8-6-12(7-9-14)17-18(21(26)23-20(17)25)16-11-24-10-2-4-13-3-1-5-15(16)19(13)24/h1,3,5-9,11,17-18H,2,4,10H2,(H,23,25,26)/t17-,18-/m1/s1. The van der Waals surface area contributed by atoms with Crippen LogP contribution in [0, 0.1) is 0 Å². The Morgan fingerprint density at radius 3 is 2.58 bits per heavy atom. The normalized spacial score (nSPS) is 22.0. The molecule has 3 aromatic rings. The summed E-state index contributed by atoms with van der Waals surface area (Å²) in [6, 6.07) is 13.5. The van der Waals surface area contributed by atoms with Crippen molar-refractivity contribution in [3.8, 4) is 0 Å². The van der Waals surface area contributed by atoms with Gasteiger partial charge >= 0.3 is 0 Å². The average molecular weight is 365 g/mol. The molecule has 0 unspecified atom stereocenters. The molecule has 1 fully saturated rings. The van der Waals surface area contributed by atoms with Gasteiger partial charge in [-0.25, -0.2) is 0 Å². The van der Waals surface area contributed by atoms with Gasteiger partial charge in [-0.3, -0.25) is 14.9 Å². The van der Waals surface area contributed by atoms with Crippen molar-refractivity contribution in [2.75, 3.05) is 0 Å². The van der Waals surface area contributed by atoms with Crippen molar-refractivity contribution in [2.45, 2.75) is 31.2 Å². The number of hydrogen-bond acceptors (Lipinski definition) is 2. The molecule has 0 saturated carbocycles. The number of aromatic nitrogens is 1. The van der Waals surface area contributed by atoms with E-state index in [1.165, 1.54) is 11.1 Å². The summed E-state index contributed by atoms with van der Waals surface area (Å²) in [5.41, 5.74) is 4.27. The summed E-state index contributed by atoms with van der Waals surface area (Å²) >= 11 is 5.99. The molecule has 26 heavy (non-hydrogen) atoms.